The molecule has 0 saturated heterocycles. The molecule has 1 aliphatic carbocycles. The van der Waals surface area contributed by atoms with Crippen molar-refractivity contribution in [2.24, 2.45) is 0 Å². The van der Waals surface area contributed by atoms with Crippen LogP contribution in [-0.4, -0.2) is 33.6 Å². The molecular formula is C10H13BrN2O2. The van der Waals surface area contributed by atoms with Crippen molar-refractivity contribution in [3.8, 4) is 5.75 Å². The molecule has 1 fully saturated rings. The van der Waals surface area contributed by atoms with Gasteiger partial charge in [-0.2, -0.15) is 0 Å². The van der Waals surface area contributed by atoms with Crippen LogP contribution in [0.25, 0.3) is 0 Å². The minimum Gasteiger partial charge on any atom is -0.489 e. The fourth-order valence-corrected chi connectivity index (χ4v) is 1.59. The molecule has 1 aromatic rings. The van der Waals surface area contributed by atoms with E-state index in [9.17, 15) is 5.11 Å². The number of rotatable bonds is 5. The summed E-state index contributed by atoms with van der Waals surface area (Å²) >= 11 is 3.28. The summed E-state index contributed by atoms with van der Waals surface area (Å²) < 4.78 is 5.34. The first-order valence-electron chi connectivity index (χ1n) is 4.93. The van der Waals surface area contributed by atoms with Gasteiger partial charge in [-0.1, -0.05) is 15.9 Å². The van der Waals surface area contributed by atoms with Gasteiger partial charge in [0.05, 0.1) is 31.0 Å². The van der Waals surface area contributed by atoms with Gasteiger partial charge >= 0.3 is 0 Å². The average Bonchev–Trinajstić information content (AvgIpc) is 3.08. The summed E-state index contributed by atoms with van der Waals surface area (Å²) in [6.07, 6.45) is 5.29. The van der Waals surface area contributed by atoms with Crippen LogP contribution in [0.15, 0.2) is 12.4 Å². The maximum absolute atomic E-state index is 9.20. The van der Waals surface area contributed by atoms with Crippen molar-refractivity contribution in [2.75, 3.05) is 18.5 Å². The quantitative estimate of drug-likeness (QED) is 0.821. The third-order valence-corrected chi connectivity index (χ3v) is 2.93. The highest BCUT2D eigenvalue weighted by atomic mass is 79.9. The second kappa shape index (κ2) is 4.45. The SMILES string of the molecule is OCC1(c2ncc(OCCBr)cn2)CC1. The molecule has 0 spiro atoms. The van der Waals surface area contributed by atoms with Crippen LogP contribution < -0.4 is 4.74 Å². The third-order valence-electron chi connectivity index (χ3n) is 2.60. The molecule has 1 saturated carbocycles. The largest absolute Gasteiger partial charge is 0.489 e. The van der Waals surface area contributed by atoms with E-state index in [0.717, 1.165) is 24.0 Å². The molecule has 0 unspecified atom stereocenters. The molecular weight excluding hydrogens is 260 g/mol. The number of aromatic nitrogens is 2. The Labute approximate surface area is 96.8 Å². The van der Waals surface area contributed by atoms with Crippen LogP contribution >= 0.6 is 15.9 Å². The summed E-state index contributed by atoms with van der Waals surface area (Å²) in [6.45, 7) is 0.739. The Morgan fingerprint density at radius 1 is 1.40 bits per heavy atom. The first kappa shape index (κ1) is 10.8. The normalized spacial score (nSPS) is 17.5. The molecule has 0 aromatic carbocycles. The van der Waals surface area contributed by atoms with Crippen molar-refractivity contribution >= 4 is 15.9 Å². The van der Waals surface area contributed by atoms with Crippen LogP contribution in [-0.2, 0) is 5.41 Å². The molecule has 1 aromatic heterocycles. The van der Waals surface area contributed by atoms with E-state index in [0.29, 0.717) is 12.4 Å². The minimum atomic E-state index is -0.159. The lowest BCUT2D eigenvalue weighted by atomic mass is 10.1. The molecule has 0 atom stereocenters. The van der Waals surface area contributed by atoms with E-state index < -0.39 is 0 Å². The molecule has 0 bridgehead atoms. The fourth-order valence-electron chi connectivity index (χ4n) is 1.42. The molecule has 1 aliphatic rings. The first-order chi connectivity index (χ1) is 7.30. The Morgan fingerprint density at radius 3 is 2.53 bits per heavy atom. The molecule has 15 heavy (non-hydrogen) atoms. The van der Waals surface area contributed by atoms with E-state index in [1.165, 1.54) is 0 Å². The monoisotopic (exact) mass is 272 g/mol. The second-order valence-electron chi connectivity index (χ2n) is 3.72. The van der Waals surface area contributed by atoms with Crippen molar-refractivity contribution in [3.63, 3.8) is 0 Å². The number of hydrogen-bond donors (Lipinski definition) is 1. The van der Waals surface area contributed by atoms with Gasteiger partial charge < -0.3 is 9.84 Å². The van der Waals surface area contributed by atoms with Crippen LogP contribution in [0.1, 0.15) is 18.7 Å². The van der Waals surface area contributed by atoms with Crippen molar-refractivity contribution in [2.45, 2.75) is 18.3 Å². The van der Waals surface area contributed by atoms with Crippen LogP contribution in [0.4, 0.5) is 0 Å². The maximum atomic E-state index is 9.20. The zero-order valence-electron chi connectivity index (χ0n) is 8.32. The van der Waals surface area contributed by atoms with Gasteiger partial charge in [0.15, 0.2) is 5.75 Å². The Kier molecular flexibility index (Phi) is 3.21. The molecule has 0 radical (unpaired) electrons. The highest BCUT2D eigenvalue weighted by Gasteiger charge is 2.46. The maximum Gasteiger partial charge on any atom is 0.155 e. The van der Waals surface area contributed by atoms with E-state index in [-0.39, 0.29) is 12.0 Å². The Morgan fingerprint density at radius 2 is 2.07 bits per heavy atom. The molecule has 82 valence electrons. The second-order valence-corrected chi connectivity index (χ2v) is 4.51. The molecule has 5 heteroatoms. The number of aliphatic hydroxyl groups excluding tert-OH is 1. The van der Waals surface area contributed by atoms with Crippen molar-refractivity contribution in [1.82, 2.24) is 9.97 Å². The van der Waals surface area contributed by atoms with Crippen LogP contribution in [0, 0.1) is 0 Å². The standard InChI is InChI=1S/C10H13BrN2O2/c11-3-4-15-8-5-12-9(13-6-8)10(7-14)1-2-10/h5-6,14H,1-4,7H2. The van der Waals surface area contributed by atoms with E-state index >= 15 is 0 Å². The van der Waals surface area contributed by atoms with E-state index in [1.807, 2.05) is 0 Å². The average molecular weight is 273 g/mol. The number of nitrogens with zero attached hydrogens (tertiary/aromatic N) is 2. The van der Waals surface area contributed by atoms with Crippen molar-refractivity contribution in [1.29, 1.82) is 0 Å². The number of ether oxygens (including phenoxy) is 1. The number of aliphatic hydroxyl groups is 1. The van der Waals surface area contributed by atoms with Gasteiger partial charge in [-0.15, -0.1) is 0 Å². The van der Waals surface area contributed by atoms with Gasteiger partial charge in [-0.25, -0.2) is 9.97 Å². The summed E-state index contributed by atoms with van der Waals surface area (Å²) in [7, 11) is 0. The lowest BCUT2D eigenvalue weighted by Gasteiger charge is -2.10. The van der Waals surface area contributed by atoms with Gasteiger partial charge in [0.2, 0.25) is 0 Å². The summed E-state index contributed by atoms with van der Waals surface area (Å²) in [5.41, 5.74) is -0.159. The van der Waals surface area contributed by atoms with Gasteiger partial charge in [0.25, 0.3) is 0 Å². The van der Waals surface area contributed by atoms with E-state index in [1.54, 1.807) is 12.4 Å². The first-order valence-corrected chi connectivity index (χ1v) is 6.05. The fraction of sp³-hybridized carbons (Fsp3) is 0.600. The van der Waals surface area contributed by atoms with Crippen LogP contribution in [0.2, 0.25) is 0 Å². The van der Waals surface area contributed by atoms with Gasteiger partial charge in [0.1, 0.15) is 5.82 Å². The van der Waals surface area contributed by atoms with Crippen molar-refractivity contribution in [3.05, 3.63) is 18.2 Å². The molecule has 0 aliphatic heterocycles. The van der Waals surface area contributed by atoms with Gasteiger partial charge in [-0.05, 0) is 12.8 Å². The molecule has 4 nitrogen and oxygen atoms in total. The molecule has 0 amide bonds. The summed E-state index contributed by atoms with van der Waals surface area (Å²) in [5.74, 6) is 1.41. The summed E-state index contributed by atoms with van der Waals surface area (Å²) in [4.78, 5) is 8.45. The highest BCUT2D eigenvalue weighted by molar-refractivity contribution is 9.09. The van der Waals surface area contributed by atoms with Crippen LogP contribution in [0.5, 0.6) is 5.75 Å². The molecule has 1 heterocycles. The minimum absolute atomic E-state index is 0.134. The summed E-state index contributed by atoms with van der Waals surface area (Å²) in [6, 6.07) is 0. The van der Waals surface area contributed by atoms with E-state index in [4.69, 9.17) is 4.74 Å². The molecule has 1 N–H and O–H groups in total. The predicted molar refractivity (Wildman–Crippen MR) is 59.3 cm³/mol. The highest BCUT2D eigenvalue weighted by Crippen LogP contribution is 2.45. The Balaban J connectivity index is 2.04. The van der Waals surface area contributed by atoms with Gasteiger partial charge in [0, 0.05) is 5.33 Å². The number of hydrogen-bond acceptors (Lipinski definition) is 4. The number of halogens is 1. The lowest BCUT2D eigenvalue weighted by Crippen LogP contribution is -2.16. The predicted octanol–water partition coefficient (Wildman–Crippen LogP) is 1.27. The van der Waals surface area contributed by atoms with Crippen LogP contribution in [0.3, 0.4) is 0 Å². The lowest BCUT2D eigenvalue weighted by molar-refractivity contribution is 0.249. The molecule has 2 rings (SSSR count). The Bertz CT molecular complexity index is 325. The topological polar surface area (TPSA) is 55.2 Å². The van der Waals surface area contributed by atoms with Gasteiger partial charge in [-0.3, -0.25) is 0 Å². The Hall–Kier alpha value is -0.680. The zero-order valence-corrected chi connectivity index (χ0v) is 9.90. The zero-order chi connectivity index (χ0) is 10.7. The van der Waals surface area contributed by atoms with E-state index in [2.05, 4.69) is 25.9 Å². The third kappa shape index (κ3) is 2.29. The van der Waals surface area contributed by atoms with Crippen molar-refractivity contribution < 1.29 is 9.84 Å². The summed E-state index contributed by atoms with van der Waals surface area (Å²) in [5, 5.41) is 9.99. The number of alkyl halides is 1. The smallest absolute Gasteiger partial charge is 0.155 e.